The third-order valence-corrected chi connectivity index (χ3v) is 2.95. The van der Waals surface area contributed by atoms with Gasteiger partial charge in [-0.05, 0) is 30.3 Å². The topological polar surface area (TPSA) is 84.6 Å². The van der Waals surface area contributed by atoms with Crippen molar-refractivity contribution in [1.29, 1.82) is 0 Å². The average Bonchev–Trinajstić information content (AvgIpc) is 2.40. The van der Waals surface area contributed by atoms with Crippen LogP contribution in [0.4, 0.5) is 11.4 Å². The van der Waals surface area contributed by atoms with E-state index in [1.165, 1.54) is 25.3 Å². The lowest BCUT2D eigenvalue weighted by molar-refractivity contribution is 0.102. The Morgan fingerprint density at radius 3 is 2.65 bits per heavy atom. The highest BCUT2D eigenvalue weighted by Gasteiger charge is 2.13. The Balaban J connectivity index is 2.23. The zero-order valence-electron chi connectivity index (χ0n) is 10.7. The van der Waals surface area contributed by atoms with Gasteiger partial charge in [-0.15, -0.1) is 0 Å². The van der Waals surface area contributed by atoms with Gasteiger partial charge in [0.15, 0.2) is 0 Å². The number of anilines is 2. The van der Waals surface area contributed by atoms with E-state index in [0.717, 1.165) is 0 Å². The maximum atomic E-state index is 12.1. The molecule has 2 aromatic carbocycles. The molecule has 0 saturated carbocycles. The molecular weight excluding hydrogens is 280 g/mol. The molecule has 0 saturated heterocycles. The number of rotatable bonds is 3. The van der Waals surface area contributed by atoms with Gasteiger partial charge in [0, 0.05) is 11.1 Å². The van der Waals surface area contributed by atoms with Crippen molar-refractivity contribution in [2.45, 2.75) is 0 Å². The van der Waals surface area contributed by atoms with Gasteiger partial charge in [0.05, 0.1) is 24.0 Å². The molecule has 20 heavy (non-hydrogen) atoms. The summed E-state index contributed by atoms with van der Waals surface area (Å²) >= 11 is 5.71. The number of aromatic hydroxyl groups is 1. The zero-order valence-corrected chi connectivity index (χ0v) is 11.4. The lowest BCUT2D eigenvalue weighted by Gasteiger charge is -2.10. The predicted molar refractivity (Wildman–Crippen MR) is 78.5 cm³/mol. The highest BCUT2D eigenvalue weighted by molar-refractivity contribution is 6.31. The normalized spacial score (nSPS) is 10.1. The van der Waals surface area contributed by atoms with Gasteiger partial charge in [0.25, 0.3) is 5.91 Å². The smallest absolute Gasteiger partial charge is 0.259 e. The third kappa shape index (κ3) is 2.95. The number of nitrogens with one attached hydrogen (secondary N) is 1. The van der Waals surface area contributed by atoms with Crippen LogP contribution in [-0.4, -0.2) is 18.1 Å². The second-order valence-electron chi connectivity index (χ2n) is 4.07. The number of amides is 1. The predicted octanol–water partition coefficient (Wildman–Crippen LogP) is 2.89. The van der Waals surface area contributed by atoms with Gasteiger partial charge >= 0.3 is 0 Å². The molecule has 0 heterocycles. The number of hydrogen-bond acceptors (Lipinski definition) is 4. The fourth-order valence-electron chi connectivity index (χ4n) is 1.67. The fraction of sp³-hybridized carbons (Fsp3) is 0.0714. The minimum absolute atomic E-state index is 0.115. The summed E-state index contributed by atoms with van der Waals surface area (Å²) in [5, 5.41) is 12.7. The molecule has 0 aromatic heterocycles. The van der Waals surface area contributed by atoms with Crippen molar-refractivity contribution >= 4 is 28.9 Å². The molecule has 4 N–H and O–H groups in total. The van der Waals surface area contributed by atoms with E-state index in [1.807, 2.05) is 0 Å². The van der Waals surface area contributed by atoms with Gasteiger partial charge in [0.1, 0.15) is 11.5 Å². The van der Waals surface area contributed by atoms with Crippen LogP contribution in [0.3, 0.4) is 0 Å². The van der Waals surface area contributed by atoms with Crippen molar-refractivity contribution in [1.82, 2.24) is 0 Å². The molecule has 0 bridgehead atoms. The number of nitrogens with two attached hydrogens (primary N) is 1. The number of carbonyl (C=O) groups is 1. The number of methoxy groups -OCH3 is 1. The first-order chi connectivity index (χ1) is 9.51. The fourth-order valence-corrected chi connectivity index (χ4v) is 1.83. The molecular formula is C14H13ClN2O3. The summed E-state index contributed by atoms with van der Waals surface area (Å²) in [6.45, 7) is 0. The number of carbonyl (C=O) groups excluding carboxylic acids is 1. The summed E-state index contributed by atoms with van der Waals surface area (Å²) in [5.41, 5.74) is 6.72. The lowest BCUT2D eigenvalue weighted by Crippen LogP contribution is -2.13. The molecule has 0 aliphatic rings. The zero-order chi connectivity index (χ0) is 14.7. The number of nitrogen functional groups attached to an aromatic ring is 1. The van der Waals surface area contributed by atoms with Crippen LogP contribution in [-0.2, 0) is 0 Å². The molecule has 6 heteroatoms. The summed E-state index contributed by atoms with van der Waals surface area (Å²) in [6, 6.07) is 9.15. The van der Waals surface area contributed by atoms with E-state index >= 15 is 0 Å². The first-order valence-electron chi connectivity index (χ1n) is 5.74. The van der Waals surface area contributed by atoms with Crippen molar-refractivity contribution in [2.24, 2.45) is 0 Å². The van der Waals surface area contributed by atoms with Crippen molar-refractivity contribution in [3.8, 4) is 11.5 Å². The second kappa shape index (κ2) is 5.71. The maximum Gasteiger partial charge on any atom is 0.259 e. The molecule has 0 aliphatic heterocycles. The molecule has 1 amide bonds. The van der Waals surface area contributed by atoms with Gasteiger partial charge in [-0.25, -0.2) is 0 Å². The van der Waals surface area contributed by atoms with Crippen molar-refractivity contribution in [3.63, 3.8) is 0 Å². The molecule has 0 unspecified atom stereocenters. The molecule has 0 aliphatic carbocycles. The van der Waals surface area contributed by atoms with E-state index in [1.54, 1.807) is 18.2 Å². The summed E-state index contributed by atoms with van der Waals surface area (Å²) in [7, 11) is 1.53. The minimum Gasteiger partial charge on any atom is -0.507 e. The van der Waals surface area contributed by atoms with Crippen LogP contribution in [0.5, 0.6) is 11.5 Å². The summed E-state index contributed by atoms with van der Waals surface area (Å²) < 4.78 is 5.02. The van der Waals surface area contributed by atoms with Crippen LogP contribution < -0.4 is 15.8 Å². The van der Waals surface area contributed by atoms with Gasteiger partial charge in [-0.1, -0.05) is 11.6 Å². The van der Waals surface area contributed by atoms with E-state index in [-0.39, 0.29) is 11.3 Å². The van der Waals surface area contributed by atoms with Gasteiger partial charge in [-0.2, -0.15) is 0 Å². The van der Waals surface area contributed by atoms with Crippen LogP contribution in [0.2, 0.25) is 5.02 Å². The first kappa shape index (κ1) is 14.0. The number of halogens is 1. The van der Waals surface area contributed by atoms with E-state index in [9.17, 15) is 9.90 Å². The van der Waals surface area contributed by atoms with E-state index in [0.29, 0.717) is 22.1 Å². The molecule has 5 nitrogen and oxygen atoms in total. The number of benzene rings is 2. The molecule has 0 atom stereocenters. The van der Waals surface area contributed by atoms with Crippen LogP contribution in [0, 0.1) is 0 Å². The molecule has 2 rings (SSSR count). The van der Waals surface area contributed by atoms with Crippen LogP contribution in [0.25, 0.3) is 0 Å². The Morgan fingerprint density at radius 2 is 2.05 bits per heavy atom. The monoisotopic (exact) mass is 292 g/mol. The van der Waals surface area contributed by atoms with Crippen molar-refractivity contribution in [3.05, 3.63) is 47.0 Å². The summed E-state index contributed by atoms with van der Waals surface area (Å²) in [6.07, 6.45) is 0. The Morgan fingerprint density at radius 1 is 1.30 bits per heavy atom. The molecule has 0 radical (unpaired) electrons. The first-order valence-corrected chi connectivity index (χ1v) is 6.12. The summed E-state index contributed by atoms with van der Waals surface area (Å²) in [4.78, 5) is 12.1. The SMILES string of the molecule is COc1ccc(NC(=O)c2ccc(Cl)cc2O)c(N)c1. The average molecular weight is 293 g/mol. The molecule has 104 valence electrons. The van der Waals surface area contributed by atoms with Crippen LogP contribution >= 0.6 is 11.6 Å². The largest absolute Gasteiger partial charge is 0.507 e. The number of phenolic OH excluding ortho intramolecular Hbond substituents is 1. The van der Waals surface area contributed by atoms with Gasteiger partial charge in [-0.3, -0.25) is 4.79 Å². The Labute approximate surface area is 120 Å². The number of ether oxygens (including phenoxy) is 1. The van der Waals surface area contributed by atoms with E-state index in [2.05, 4.69) is 5.32 Å². The van der Waals surface area contributed by atoms with Crippen LogP contribution in [0.15, 0.2) is 36.4 Å². The standard InChI is InChI=1S/C14H13ClN2O3/c1-20-9-3-5-12(11(16)7-9)17-14(19)10-4-2-8(15)6-13(10)18/h2-7,18H,16H2,1H3,(H,17,19). The second-order valence-corrected chi connectivity index (χ2v) is 4.51. The quantitative estimate of drug-likeness (QED) is 0.759. The maximum absolute atomic E-state index is 12.1. The van der Waals surface area contributed by atoms with Crippen molar-refractivity contribution in [2.75, 3.05) is 18.2 Å². The van der Waals surface area contributed by atoms with Gasteiger partial charge < -0.3 is 20.9 Å². The van der Waals surface area contributed by atoms with E-state index < -0.39 is 5.91 Å². The lowest BCUT2D eigenvalue weighted by atomic mass is 10.1. The highest BCUT2D eigenvalue weighted by Crippen LogP contribution is 2.27. The Hall–Kier alpha value is -2.40. The molecule has 0 spiro atoms. The molecule has 2 aromatic rings. The highest BCUT2D eigenvalue weighted by atomic mass is 35.5. The Bertz CT molecular complexity index is 659. The Kier molecular flexibility index (Phi) is 4.00. The minimum atomic E-state index is -0.476. The summed E-state index contributed by atoms with van der Waals surface area (Å²) in [5.74, 6) is -0.0760. The van der Waals surface area contributed by atoms with Gasteiger partial charge in [0.2, 0.25) is 0 Å². The van der Waals surface area contributed by atoms with Crippen molar-refractivity contribution < 1.29 is 14.6 Å². The third-order valence-electron chi connectivity index (χ3n) is 2.71. The van der Waals surface area contributed by atoms with E-state index in [4.69, 9.17) is 22.1 Å². The van der Waals surface area contributed by atoms with Crippen LogP contribution in [0.1, 0.15) is 10.4 Å². The number of hydrogen-bond donors (Lipinski definition) is 3. The molecule has 0 fully saturated rings. The number of phenols is 1.